The van der Waals surface area contributed by atoms with E-state index >= 15 is 0 Å². The van der Waals surface area contributed by atoms with Gasteiger partial charge in [-0.3, -0.25) is 4.79 Å². The van der Waals surface area contributed by atoms with Crippen LogP contribution in [-0.4, -0.2) is 16.9 Å². The molecular weight excluding hydrogens is 186 g/mol. The van der Waals surface area contributed by atoms with Crippen LogP contribution >= 0.6 is 0 Å². The quantitative estimate of drug-likeness (QED) is 0.724. The molecule has 1 heterocycles. The van der Waals surface area contributed by atoms with Gasteiger partial charge in [0.15, 0.2) is 5.78 Å². The number of carbonyl (C=O) groups is 1. The van der Waals surface area contributed by atoms with Crippen LogP contribution in [0.5, 0.6) is 0 Å². The Morgan fingerprint density at radius 1 is 1.33 bits per heavy atom. The molecule has 0 aromatic rings. The number of nitrogens with one attached hydrogen (secondary N) is 1. The first-order valence-corrected chi connectivity index (χ1v) is 5.69. The van der Waals surface area contributed by atoms with Crippen LogP contribution in [0.3, 0.4) is 0 Å². The molecule has 0 saturated carbocycles. The molecule has 86 valence electrons. The lowest BCUT2D eigenvalue weighted by atomic mass is 9.74. The summed E-state index contributed by atoms with van der Waals surface area (Å²) in [6, 6.07) is 0. The maximum absolute atomic E-state index is 11.4. The second kappa shape index (κ2) is 4.09. The number of ketones is 1. The molecule has 1 saturated heterocycles. The molecule has 2 heteroatoms. The van der Waals surface area contributed by atoms with Crippen molar-refractivity contribution in [1.82, 2.24) is 5.32 Å². The second-order valence-electron chi connectivity index (χ2n) is 6.04. The van der Waals surface area contributed by atoms with Crippen LogP contribution in [0.15, 0.2) is 12.7 Å². The van der Waals surface area contributed by atoms with Crippen molar-refractivity contribution in [3.63, 3.8) is 0 Å². The first-order chi connectivity index (χ1) is 6.74. The van der Waals surface area contributed by atoms with E-state index in [0.717, 1.165) is 12.8 Å². The van der Waals surface area contributed by atoms with Crippen molar-refractivity contribution in [3.05, 3.63) is 12.7 Å². The van der Waals surface area contributed by atoms with Crippen LogP contribution in [0, 0.1) is 5.92 Å². The lowest BCUT2D eigenvalue weighted by molar-refractivity contribution is -0.116. The minimum absolute atomic E-state index is 0.133. The zero-order valence-electron chi connectivity index (χ0n) is 10.4. The molecule has 0 unspecified atom stereocenters. The van der Waals surface area contributed by atoms with Gasteiger partial charge in [0.05, 0.1) is 0 Å². The fourth-order valence-corrected chi connectivity index (χ4v) is 3.05. The van der Waals surface area contributed by atoms with Crippen LogP contribution < -0.4 is 5.32 Å². The van der Waals surface area contributed by atoms with E-state index in [1.54, 1.807) is 0 Å². The van der Waals surface area contributed by atoms with Crippen LogP contribution in [-0.2, 0) is 4.79 Å². The topological polar surface area (TPSA) is 29.1 Å². The van der Waals surface area contributed by atoms with Gasteiger partial charge < -0.3 is 5.32 Å². The fourth-order valence-electron chi connectivity index (χ4n) is 3.05. The Bertz CT molecular complexity index is 250. The van der Waals surface area contributed by atoms with E-state index in [9.17, 15) is 4.79 Å². The molecular formula is C13H23NO. The maximum Gasteiger partial charge on any atom is 0.155 e. The molecule has 0 spiro atoms. The van der Waals surface area contributed by atoms with Crippen molar-refractivity contribution >= 4 is 5.78 Å². The summed E-state index contributed by atoms with van der Waals surface area (Å²) in [5, 5.41) is 3.62. The Labute approximate surface area is 93.1 Å². The summed E-state index contributed by atoms with van der Waals surface area (Å²) in [6.45, 7) is 12.4. The third-order valence-corrected chi connectivity index (χ3v) is 2.99. The predicted octanol–water partition coefficient (Wildman–Crippen LogP) is 2.69. The first kappa shape index (κ1) is 12.4. The summed E-state index contributed by atoms with van der Waals surface area (Å²) >= 11 is 0. The Morgan fingerprint density at radius 2 is 1.80 bits per heavy atom. The number of hydrogen-bond donors (Lipinski definition) is 1. The molecule has 0 aromatic heterocycles. The van der Waals surface area contributed by atoms with Crippen molar-refractivity contribution in [2.45, 2.75) is 58.0 Å². The number of allylic oxidation sites excluding steroid dienone is 1. The van der Waals surface area contributed by atoms with E-state index in [4.69, 9.17) is 0 Å². The van der Waals surface area contributed by atoms with Gasteiger partial charge >= 0.3 is 0 Å². The van der Waals surface area contributed by atoms with Gasteiger partial charge in [0.25, 0.3) is 0 Å². The molecule has 0 atom stereocenters. The highest BCUT2D eigenvalue weighted by atomic mass is 16.1. The molecule has 1 N–H and O–H groups in total. The average molecular weight is 209 g/mol. The van der Waals surface area contributed by atoms with Gasteiger partial charge in [-0.15, -0.1) is 0 Å². The van der Waals surface area contributed by atoms with E-state index < -0.39 is 0 Å². The number of rotatable bonds is 3. The molecule has 1 rings (SSSR count). The molecule has 0 aliphatic carbocycles. The van der Waals surface area contributed by atoms with Crippen molar-refractivity contribution in [2.24, 2.45) is 5.92 Å². The standard InChI is InChI=1S/C13H23NO/c1-6-11(15)7-10-8-12(2,3)14-13(4,5)9-10/h6,10,14H,1,7-9H2,2-5H3. The van der Waals surface area contributed by atoms with E-state index in [0.29, 0.717) is 12.3 Å². The van der Waals surface area contributed by atoms with Gasteiger partial charge in [-0.25, -0.2) is 0 Å². The van der Waals surface area contributed by atoms with Crippen molar-refractivity contribution in [3.8, 4) is 0 Å². The third-order valence-electron chi connectivity index (χ3n) is 2.99. The van der Waals surface area contributed by atoms with Gasteiger partial charge in [-0.2, -0.15) is 0 Å². The largest absolute Gasteiger partial charge is 0.307 e. The third kappa shape index (κ3) is 3.78. The Balaban J connectivity index is 2.67. The fraction of sp³-hybridized carbons (Fsp3) is 0.769. The molecule has 0 amide bonds. The highest BCUT2D eigenvalue weighted by Crippen LogP contribution is 2.34. The summed E-state index contributed by atoms with van der Waals surface area (Å²) in [6.07, 6.45) is 4.23. The highest BCUT2D eigenvalue weighted by Gasteiger charge is 2.37. The van der Waals surface area contributed by atoms with Gasteiger partial charge in [0.2, 0.25) is 0 Å². The smallest absolute Gasteiger partial charge is 0.155 e. The normalized spacial score (nSPS) is 24.8. The van der Waals surface area contributed by atoms with E-state index in [1.807, 2.05) is 0 Å². The van der Waals surface area contributed by atoms with Gasteiger partial charge in [-0.05, 0) is 52.5 Å². The molecule has 0 radical (unpaired) electrons. The first-order valence-electron chi connectivity index (χ1n) is 5.69. The predicted molar refractivity (Wildman–Crippen MR) is 63.8 cm³/mol. The lowest BCUT2D eigenvalue weighted by Crippen LogP contribution is -2.57. The molecule has 15 heavy (non-hydrogen) atoms. The average Bonchev–Trinajstić information content (AvgIpc) is 1.97. The molecule has 1 aliphatic heterocycles. The number of hydrogen-bond acceptors (Lipinski definition) is 2. The van der Waals surface area contributed by atoms with E-state index in [-0.39, 0.29) is 16.9 Å². The summed E-state index contributed by atoms with van der Waals surface area (Å²) in [7, 11) is 0. The van der Waals surface area contributed by atoms with Gasteiger partial charge in [-0.1, -0.05) is 6.58 Å². The number of piperidine rings is 1. The zero-order chi connectivity index (χ0) is 11.7. The Hall–Kier alpha value is -0.630. The Morgan fingerprint density at radius 3 is 2.20 bits per heavy atom. The second-order valence-corrected chi connectivity index (χ2v) is 6.04. The monoisotopic (exact) mass is 209 g/mol. The summed E-state index contributed by atoms with van der Waals surface area (Å²) in [4.78, 5) is 11.4. The molecule has 0 bridgehead atoms. The van der Waals surface area contributed by atoms with Gasteiger partial charge in [0.1, 0.15) is 0 Å². The van der Waals surface area contributed by atoms with Crippen LogP contribution in [0.2, 0.25) is 0 Å². The minimum Gasteiger partial charge on any atom is -0.307 e. The van der Waals surface area contributed by atoms with E-state index in [1.165, 1.54) is 6.08 Å². The van der Waals surface area contributed by atoms with Crippen LogP contribution in [0.1, 0.15) is 47.0 Å². The minimum atomic E-state index is 0.133. The lowest BCUT2D eigenvalue weighted by Gasteiger charge is -2.46. The summed E-state index contributed by atoms with van der Waals surface area (Å²) in [5.41, 5.74) is 0.266. The van der Waals surface area contributed by atoms with Crippen LogP contribution in [0.4, 0.5) is 0 Å². The summed E-state index contributed by atoms with van der Waals surface area (Å²) < 4.78 is 0. The van der Waals surface area contributed by atoms with Crippen LogP contribution in [0.25, 0.3) is 0 Å². The Kier molecular flexibility index (Phi) is 3.39. The van der Waals surface area contributed by atoms with Crippen molar-refractivity contribution < 1.29 is 4.79 Å². The molecule has 2 nitrogen and oxygen atoms in total. The molecule has 0 aromatic carbocycles. The SMILES string of the molecule is C=CC(=O)CC1CC(C)(C)NC(C)(C)C1. The molecule has 1 fully saturated rings. The maximum atomic E-state index is 11.4. The number of carbonyl (C=O) groups excluding carboxylic acids is 1. The highest BCUT2D eigenvalue weighted by molar-refractivity contribution is 5.89. The van der Waals surface area contributed by atoms with Crippen molar-refractivity contribution in [1.29, 1.82) is 0 Å². The summed E-state index contributed by atoms with van der Waals surface area (Å²) in [5.74, 6) is 0.662. The van der Waals surface area contributed by atoms with E-state index in [2.05, 4.69) is 39.6 Å². The van der Waals surface area contributed by atoms with Gasteiger partial charge in [0, 0.05) is 17.5 Å². The zero-order valence-corrected chi connectivity index (χ0v) is 10.4. The van der Waals surface area contributed by atoms with Crippen molar-refractivity contribution in [2.75, 3.05) is 0 Å². The molecule has 1 aliphatic rings.